The summed E-state index contributed by atoms with van der Waals surface area (Å²) in [4.78, 5) is 0. The summed E-state index contributed by atoms with van der Waals surface area (Å²) in [6.45, 7) is 2.73. The smallest absolute Gasteiger partial charge is 0.300 e. The molecule has 0 aliphatic heterocycles. The summed E-state index contributed by atoms with van der Waals surface area (Å²) >= 11 is 4.57. The van der Waals surface area contributed by atoms with Gasteiger partial charge in [-0.3, -0.25) is 0 Å². The van der Waals surface area contributed by atoms with Gasteiger partial charge in [0.05, 0.1) is 6.61 Å². The minimum absolute atomic E-state index is 0.490. The van der Waals surface area contributed by atoms with Crippen molar-refractivity contribution in [2.45, 2.75) is 13.3 Å². The molecule has 6 heteroatoms. The van der Waals surface area contributed by atoms with Crippen molar-refractivity contribution in [3.05, 3.63) is 28.2 Å². The molecule has 0 aliphatic rings. The van der Waals surface area contributed by atoms with E-state index < -0.39 is 0 Å². The Hall–Kier alpha value is -1.14. The Bertz CT molecular complexity index is 490. The molecule has 90 valence electrons. The van der Waals surface area contributed by atoms with Crippen LogP contribution in [0.3, 0.4) is 0 Å². The van der Waals surface area contributed by atoms with Crippen LogP contribution in [-0.4, -0.2) is 16.8 Å². The van der Waals surface area contributed by atoms with Crippen LogP contribution >= 0.6 is 27.3 Å². The highest BCUT2D eigenvalue weighted by atomic mass is 79.9. The van der Waals surface area contributed by atoms with E-state index in [0.29, 0.717) is 21.5 Å². The second kappa shape index (κ2) is 5.97. The lowest BCUT2D eigenvalue weighted by Crippen LogP contribution is -1.97. The van der Waals surface area contributed by atoms with Gasteiger partial charge in [-0.1, -0.05) is 24.2 Å². The molecule has 4 nitrogen and oxygen atoms in total. The molecule has 0 saturated carbocycles. The standard InChI is InChI=1S/C11H11BrN2O2S/c1-2-7-15-8-5-3-4-6-9(8)16-11-14-13-10(12)17-11/h3-6H,2,7H2,1H3. The molecular weight excluding hydrogens is 304 g/mol. The predicted octanol–water partition coefficient (Wildman–Crippen LogP) is 3.88. The molecule has 0 atom stereocenters. The van der Waals surface area contributed by atoms with Crippen molar-refractivity contribution in [2.24, 2.45) is 0 Å². The maximum Gasteiger partial charge on any atom is 0.300 e. The van der Waals surface area contributed by atoms with Gasteiger partial charge in [0.2, 0.25) is 0 Å². The molecule has 0 fully saturated rings. The highest BCUT2D eigenvalue weighted by Crippen LogP contribution is 2.33. The number of hydrogen-bond donors (Lipinski definition) is 0. The molecule has 1 aromatic carbocycles. The minimum atomic E-state index is 0.490. The molecule has 2 rings (SSSR count). The van der Waals surface area contributed by atoms with Gasteiger partial charge in [0.15, 0.2) is 15.4 Å². The van der Waals surface area contributed by atoms with E-state index in [-0.39, 0.29) is 0 Å². The Morgan fingerprint density at radius 1 is 1.24 bits per heavy atom. The largest absolute Gasteiger partial charge is 0.490 e. The first-order valence-corrected chi connectivity index (χ1v) is 6.79. The van der Waals surface area contributed by atoms with Crippen molar-refractivity contribution >= 4 is 27.3 Å². The Labute approximate surface area is 112 Å². The zero-order valence-electron chi connectivity index (χ0n) is 9.22. The molecule has 0 amide bonds. The summed E-state index contributed by atoms with van der Waals surface area (Å²) in [5.74, 6) is 1.38. The topological polar surface area (TPSA) is 44.2 Å². The van der Waals surface area contributed by atoms with E-state index in [1.807, 2.05) is 24.3 Å². The van der Waals surface area contributed by atoms with Crippen LogP contribution in [0.25, 0.3) is 0 Å². The third-order valence-corrected chi connectivity index (χ3v) is 3.12. The number of ether oxygens (including phenoxy) is 2. The zero-order valence-corrected chi connectivity index (χ0v) is 11.6. The monoisotopic (exact) mass is 314 g/mol. The van der Waals surface area contributed by atoms with Gasteiger partial charge >= 0.3 is 0 Å². The fourth-order valence-corrected chi connectivity index (χ4v) is 2.13. The van der Waals surface area contributed by atoms with Crippen molar-refractivity contribution in [3.63, 3.8) is 0 Å². The van der Waals surface area contributed by atoms with Crippen molar-refractivity contribution in [2.75, 3.05) is 6.61 Å². The molecule has 1 heterocycles. The summed E-state index contributed by atoms with van der Waals surface area (Å²) in [7, 11) is 0. The van der Waals surface area contributed by atoms with E-state index in [4.69, 9.17) is 9.47 Å². The average molecular weight is 315 g/mol. The SMILES string of the molecule is CCCOc1ccccc1Oc1nnc(Br)s1. The van der Waals surface area contributed by atoms with E-state index >= 15 is 0 Å². The quantitative estimate of drug-likeness (QED) is 0.840. The Balaban J connectivity index is 2.14. The lowest BCUT2D eigenvalue weighted by molar-refractivity contribution is 0.301. The first-order valence-electron chi connectivity index (χ1n) is 5.18. The van der Waals surface area contributed by atoms with Crippen LogP contribution in [0.2, 0.25) is 0 Å². The number of rotatable bonds is 5. The summed E-state index contributed by atoms with van der Waals surface area (Å²) in [6.07, 6.45) is 0.957. The summed E-state index contributed by atoms with van der Waals surface area (Å²) in [5.41, 5.74) is 0. The highest BCUT2D eigenvalue weighted by molar-refractivity contribution is 9.11. The third-order valence-electron chi connectivity index (χ3n) is 1.89. The average Bonchev–Trinajstić information content (AvgIpc) is 2.74. The molecule has 0 saturated heterocycles. The Kier molecular flexibility index (Phi) is 4.33. The summed E-state index contributed by atoms with van der Waals surface area (Å²) in [5, 5.41) is 8.19. The number of nitrogens with zero attached hydrogens (tertiary/aromatic N) is 2. The van der Waals surface area contributed by atoms with E-state index in [2.05, 4.69) is 33.1 Å². The van der Waals surface area contributed by atoms with Crippen LogP contribution in [0.5, 0.6) is 16.7 Å². The second-order valence-corrected chi connectivity index (χ2v) is 5.43. The second-order valence-electron chi connectivity index (χ2n) is 3.22. The maximum atomic E-state index is 5.62. The predicted molar refractivity (Wildman–Crippen MR) is 69.9 cm³/mol. The normalized spacial score (nSPS) is 10.2. The number of aromatic nitrogens is 2. The molecule has 2 aromatic rings. The first kappa shape index (κ1) is 12.3. The van der Waals surface area contributed by atoms with Gasteiger partial charge in [-0.25, -0.2) is 0 Å². The highest BCUT2D eigenvalue weighted by Gasteiger charge is 2.08. The van der Waals surface area contributed by atoms with Gasteiger partial charge in [-0.05, 0) is 45.8 Å². The van der Waals surface area contributed by atoms with Crippen LogP contribution in [0.1, 0.15) is 13.3 Å². The van der Waals surface area contributed by atoms with Crippen LogP contribution in [-0.2, 0) is 0 Å². The van der Waals surface area contributed by atoms with Gasteiger partial charge in [-0.2, -0.15) is 0 Å². The van der Waals surface area contributed by atoms with Gasteiger partial charge in [0.25, 0.3) is 5.19 Å². The van der Waals surface area contributed by atoms with Crippen molar-refractivity contribution in [1.82, 2.24) is 10.2 Å². The van der Waals surface area contributed by atoms with Crippen molar-refractivity contribution in [3.8, 4) is 16.7 Å². The summed E-state index contributed by atoms with van der Waals surface area (Å²) in [6, 6.07) is 7.53. The van der Waals surface area contributed by atoms with Crippen molar-refractivity contribution in [1.29, 1.82) is 0 Å². The lowest BCUT2D eigenvalue weighted by atomic mass is 10.3. The van der Waals surface area contributed by atoms with E-state index in [9.17, 15) is 0 Å². The zero-order chi connectivity index (χ0) is 12.1. The van der Waals surface area contributed by atoms with E-state index in [1.165, 1.54) is 11.3 Å². The molecule has 0 spiro atoms. The van der Waals surface area contributed by atoms with E-state index in [1.54, 1.807) is 0 Å². The fraction of sp³-hybridized carbons (Fsp3) is 0.273. The molecule has 0 radical (unpaired) electrons. The summed E-state index contributed by atoms with van der Waals surface area (Å²) < 4.78 is 11.9. The molecule has 0 N–H and O–H groups in total. The lowest BCUT2D eigenvalue weighted by Gasteiger charge is -2.09. The number of halogens is 1. The Morgan fingerprint density at radius 3 is 2.65 bits per heavy atom. The number of para-hydroxylation sites is 2. The van der Waals surface area contributed by atoms with Crippen molar-refractivity contribution < 1.29 is 9.47 Å². The van der Waals surface area contributed by atoms with Gasteiger partial charge < -0.3 is 9.47 Å². The maximum absolute atomic E-state index is 5.62. The van der Waals surface area contributed by atoms with Crippen LogP contribution < -0.4 is 9.47 Å². The molecule has 0 unspecified atom stereocenters. The van der Waals surface area contributed by atoms with Crippen LogP contribution in [0.4, 0.5) is 0 Å². The molecule has 0 aliphatic carbocycles. The first-order chi connectivity index (χ1) is 8.29. The number of hydrogen-bond acceptors (Lipinski definition) is 5. The molecular formula is C11H11BrN2O2S. The van der Waals surface area contributed by atoms with Gasteiger partial charge in [0.1, 0.15) is 0 Å². The number of benzene rings is 1. The minimum Gasteiger partial charge on any atom is -0.490 e. The van der Waals surface area contributed by atoms with Crippen LogP contribution in [0.15, 0.2) is 28.2 Å². The van der Waals surface area contributed by atoms with Crippen LogP contribution in [0, 0.1) is 0 Å². The molecule has 17 heavy (non-hydrogen) atoms. The Morgan fingerprint density at radius 2 is 2.00 bits per heavy atom. The van der Waals surface area contributed by atoms with E-state index in [0.717, 1.165) is 12.2 Å². The van der Waals surface area contributed by atoms with Gasteiger partial charge in [-0.15, -0.1) is 5.10 Å². The third kappa shape index (κ3) is 3.41. The molecule has 1 aromatic heterocycles. The van der Waals surface area contributed by atoms with Gasteiger partial charge in [0, 0.05) is 0 Å². The fourth-order valence-electron chi connectivity index (χ4n) is 1.19. The molecule has 0 bridgehead atoms.